The standard InChI is InChI=1S/C15H22BrN3O5S2/c1-17-15(20)10-19-7-5-11(6-8-19)18-26(23,24)14-9-12(25(2,21)22)3-4-13(14)16/h3-4,9,11,18H,5-8,10H2,1-2H3,(H,17,20). The van der Waals surface area contributed by atoms with Crippen LogP contribution in [0.5, 0.6) is 0 Å². The number of piperidine rings is 1. The second kappa shape index (κ2) is 8.34. The van der Waals surface area contributed by atoms with Crippen LogP contribution >= 0.6 is 15.9 Å². The van der Waals surface area contributed by atoms with Gasteiger partial charge < -0.3 is 5.32 Å². The van der Waals surface area contributed by atoms with Crippen molar-refractivity contribution < 1.29 is 21.6 Å². The summed E-state index contributed by atoms with van der Waals surface area (Å²) in [5.74, 6) is -0.0782. The molecule has 1 heterocycles. The maximum absolute atomic E-state index is 12.7. The molecule has 0 bridgehead atoms. The summed E-state index contributed by atoms with van der Waals surface area (Å²) in [7, 11) is -5.82. The number of carbonyl (C=O) groups excluding carboxylic acids is 1. The quantitative estimate of drug-likeness (QED) is 0.623. The number of benzene rings is 1. The molecule has 2 rings (SSSR count). The minimum absolute atomic E-state index is 0.0542. The molecule has 1 amide bonds. The fraction of sp³-hybridized carbons (Fsp3) is 0.533. The predicted molar refractivity (Wildman–Crippen MR) is 101 cm³/mol. The molecule has 26 heavy (non-hydrogen) atoms. The summed E-state index contributed by atoms with van der Waals surface area (Å²) >= 11 is 3.18. The number of likely N-dealkylation sites (N-methyl/N-ethyl adjacent to an activating group) is 1. The van der Waals surface area contributed by atoms with E-state index < -0.39 is 19.9 Å². The largest absolute Gasteiger partial charge is 0.358 e. The van der Waals surface area contributed by atoms with Crippen molar-refractivity contribution in [3.8, 4) is 0 Å². The zero-order valence-corrected chi connectivity index (χ0v) is 17.7. The van der Waals surface area contributed by atoms with Crippen LogP contribution in [-0.2, 0) is 24.7 Å². The van der Waals surface area contributed by atoms with Crippen molar-refractivity contribution in [3.63, 3.8) is 0 Å². The number of hydrogen-bond acceptors (Lipinski definition) is 6. The van der Waals surface area contributed by atoms with Gasteiger partial charge in [0.25, 0.3) is 0 Å². The molecule has 8 nitrogen and oxygen atoms in total. The van der Waals surface area contributed by atoms with Gasteiger partial charge in [-0.25, -0.2) is 21.6 Å². The SMILES string of the molecule is CNC(=O)CN1CCC(NS(=O)(=O)c2cc(S(C)(=O)=O)ccc2Br)CC1. The van der Waals surface area contributed by atoms with Gasteiger partial charge in [0.15, 0.2) is 9.84 Å². The van der Waals surface area contributed by atoms with Crippen molar-refractivity contribution in [1.29, 1.82) is 0 Å². The predicted octanol–water partition coefficient (Wildman–Crippen LogP) is 0.341. The number of sulfonamides is 1. The highest BCUT2D eigenvalue weighted by molar-refractivity contribution is 9.10. The minimum Gasteiger partial charge on any atom is -0.358 e. The molecule has 1 aliphatic heterocycles. The van der Waals surface area contributed by atoms with Crippen LogP contribution in [0.2, 0.25) is 0 Å². The summed E-state index contributed by atoms with van der Waals surface area (Å²) in [6.07, 6.45) is 2.17. The van der Waals surface area contributed by atoms with Crippen molar-refractivity contribution in [1.82, 2.24) is 14.9 Å². The van der Waals surface area contributed by atoms with Crippen LogP contribution in [0.15, 0.2) is 32.5 Å². The van der Waals surface area contributed by atoms with Crippen LogP contribution in [0.4, 0.5) is 0 Å². The Morgan fingerprint density at radius 1 is 1.23 bits per heavy atom. The van der Waals surface area contributed by atoms with Gasteiger partial charge in [0.1, 0.15) is 0 Å². The molecule has 0 atom stereocenters. The smallest absolute Gasteiger partial charge is 0.241 e. The number of amides is 1. The van der Waals surface area contributed by atoms with E-state index in [9.17, 15) is 21.6 Å². The Labute approximate surface area is 162 Å². The molecular weight excluding hydrogens is 446 g/mol. The third-order valence-corrected chi connectivity index (χ3v) is 7.80. The first-order chi connectivity index (χ1) is 12.0. The van der Waals surface area contributed by atoms with Gasteiger partial charge in [-0.3, -0.25) is 9.69 Å². The third-order valence-electron chi connectivity index (χ3n) is 4.18. The molecular formula is C15H22BrN3O5S2. The van der Waals surface area contributed by atoms with Crippen LogP contribution in [0.25, 0.3) is 0 Å². The molecule has 1 aliphatic rings. The van der Waals surface area contributed by atoms with Gasteiger partial charge in [0.2, 0.25) is 15.9 Å². The van der Waals surface area contributed by atoms with E-state index >= 15 is 0 Å². The van der Waals surface area contributed by atoms with Crippen molar-refractivity contribution in [2.24, 2.45) is 0 Å². The van der Waals surface area contributed by atoms with Crippen LogP contribution in [0.3, 0.4) is 0 Å². The molecule has 0 unspecified atom stereocenters. The average Bonchev–Trinajstić information content (AvgIpc) is 2.55. The maximum Gasteiger partial charge on any atom is 0.241 e. The van der Waals surface area contributed by atoms with Gasteiger partial charge in [-0.15, -0.1) is 0 Å². The second-order valence-corrected chi connectivity index (χ2v) is 10.8. The summed E-state index contributed by atoms with van der Waals surface area (Å²) < 4.78 is 51.7. The molecule has 1 fully saturated rings. The lowest BCUT2D eigenvalue weighted by atomic mass is 10.1. The first kappa shape index (κ1) is 21.3. The Morgan fingerprint density at radius 3 is 2.38 bits per heavy atom. The highest BCUT2D eigenvalue weighted by Gasteiger charge is 2.27. The topological polar surface area (TPSA) is 113 Å². The summed E-state index contributed by atoms with van der Waals surface area (Å²) in [6, 6.07) is 3.66. The summed E-state index contributed by atoms with van der Waals surface area (Å²) in [6.45, 7) is 1.49. The zero-order chi connectivity index (χ0) is 19.5. The Bertz CT molecular complexity index is 879. The minimum atomic E-state index is -3.88. The lowest BCUT2D eigenvalue weighted by Gasteiger charge is -2.31. The molecule has 1 aromatic rings. The second-order valence-electron chi connectivity index (χ2n) is 6.21. The highest BCUT2D eigenvalue weighted by Crippen LogP contribution is 2.26. The Hall–Kier alpha value is -1.01. The van der Waals surface area contributed by atoms with Crippen LogP contribution in [0.1, 0.15) is 12.8 Å². The molecule has 0 aromatic heterocycles. The van der Waals surface area contributed by atoms with Gasteiger partial charge in [-0.05, 0) is 47.0 Å². The first-order valence-electron chi connectivity index (χ1n) is 7.98. The van der Waals surface area contributed by atoms with Gasteiger partial charge in [0, 0.05) is 36.9 Å². The summed E-state index contributed by atoms with van der Waals surface area (Å²) in [5, 5.41) is 2.56. The molecule has 11 heteroatoms. The van der Waals surface area contributed by atoms with Gasteiger partial charge in [-0.2, -0.15) is 0 Å². The maximum atomic E-state index is 12.7. The molecule has 0 spiro atoms. The van der Waals surface area contributed by atoms with E-state index in [1.165, 1.54) is 12.1 Å². The lowest BCUT2D eigenvalue weighted by Crippen LogP contribution is -2.47. The third kappa shape index (κ3) is 5.49. The number of sulfone groups is 1. The molecule has 0 radical (unpaired) electrons. The number of carbonyl (C=O) groups is 1. The normalized spacial score (nSPS) is 17.2. The summed E-state index contributed by atoms with van der Waals surface area (Å²) in [4.78, 5) is 13.2. The van der Waals surface area contributed by atoms with E-state index in [4.69, 9.17) is 0 Å². The monoisotopic (exact) mass is 467 g/mol. The number of rotatable bonds is 6. The van der Waals surface area contributed by atoms with Crippen LogP contribution < -0.4 is 10.0 Å². The number of halogens is 1. The fourth-order valence-electron chi connectivity index (χ4n) is 2.69. The number of nitrogens with one attached hydrogen (secondary N) is 2. The van der Waals surface area contributed by atoms with Crippen molar-refractivity contribution in [3.05, 3.63) is 22.7 Å². The summed E-state index contributed by atoms with van der Waals surface area (Å²) in [5.41, 5.74) is 0. The van der Waals surface area contributed by atoms with Crippen molar-refractivity contribution in [2.75, 3.05) is 32.9 Å². The van der Waals surface area contributed by atoms with Crippen LogP contribution in [-0.4, -0.2) is 66.6 Å². The Morgan fingerprint density at radius 2 is 1.85 bits per heavy atom. The Kier molecular flexibility index (Phi) is 6.83. The highest BCUT2D eigenvalue weighted by atomic mass is 79.9. The van der Waals surface area contributed by atoms with Gasteiger partial charge in [0.05, 0.1) is 16.3 Å². The molecule has 0 aliphatic carbocycles. The molecule has 0 saturated carbocycles. The number of likely N-dealkylation sites (tertiary alicyclic amines) is 1. The van der Waals surface area contributed by atoms with Crippen molar-refractivity contribution in [2.45, 2.75) is 28.7 Å². The van der Waals surface area contributed by atoms with E-state index in [-0.39, 0.29) is 28.3 Å². The van der Waals surface area contributed by atoms with E-state index in [1.54, 1.807) is 7.05 Å². The fourth-order valence-corrected chi connectivity index (χ4v) is 5.71. The average molecular weight is 468 g/mol. The van der Waals surface area contributed by atoms with E-state index in [0.29, 0.717) is 30.4 Å². The number of nitrogens with zero attached hydrogens (tertiary/aromatic N) is 1. The molecule has 2 N–H and O–H groups in total. The Balaban J connectivity index is 2.10. The van der Waals surface area contributed by atoms with Gasteiger partial charge >= 0.3 is 0 Å². The van der Waals surface area contributed by atoms with Crippen LogP contribution in [0, 0.1) is 0 Å². The lowest BCUT2D eigenvalue weighted by molar-refractivity contribution is -0.122. The molecule has 1 aromatic carbocycles. The molecule has 1 saturated heterocycles. The molecule has 146 valence electrons. The van der Waals surface area contributed by atoms with Gasteiger partial charge in [-0.1, -0.05) is 0 Å². The van der Waals surface area contributed by atoms with E-state index in [2.05, 4.69) is 26.0 Å². The van der Waals surface area contributed by atoms with E-state index in [1.807, 2.05) is 4.90 Å². The van der Waals surface area contributed by atoms with Crippen molar-refractivity contribution >= 4 is 41.7 Å². The van der Waals surface area contributed by atoms with E-state index in [0.717, 1.165) is 12.3 Å². The zero-order valence-electron chi connectivity index (χ0n) is 14.5. The number of hydrogen-bond donors (Lipinski definition) is 2. The first-order valence-corrected chi connectivity index (χ1v) is 12.1.